The third kappa shape index (κ3) is 5.60. The molecule has 1 aliphatic rings. The molecule has 1 aliphatic carbocycles. The third-order valence-corrected chi connectivity index (χ3v) is 6.09. The van der Waals surface area contributed by atoms with Gasteiger partial charge in [0.05, 0.1) is 16.5 Å². The molecule has 2 unspecified atom stereocenters. The summed E-state index contributed by atoms with van der Waals surface area (Å²) in [5.41, 5.74) is 0.915. The predicted octanol–water partition coefficient (Wildman–Crippen LogP) is 5.04. The number of carbonyl (C=O) groups excluding carboxylic acids is 1. The highest BCUT2D eigenvalue weighted by molar-refractivity contribution is 6.42. The first kappa shape index (κ1) is 20.5. The van der Waals surface area contributed by atoms with Gasteiger partial charge in [-0.3, -0.25) is 4.79 Å². The summed E-state index contributed by atoms with van der Waals surface area (Å²) in [5, 5.41) is 1.03. The summed E-state index contributed by atoms with van der Waals surface area (Å²) in [7, 11) is 4.16. The van der Waals surface area contributed by atoms with E-state index in [2.05, 4.69) is 18.9 Å². The second-order valence-corrected chi connectivity index (χ2v) is 8.00. The minimum Gasteiger partial charge on any atom is -0.341 e. The topological polar surface area (TPSA) is 23.6 Å². The summed E-state index contributed by atoms with van der Waals surface area (Å²) in [5.74, 6) is 0.152. The van der Waals surface area contributed by atoms with E-state index in [-0.39, 0.29) is 5.91 Å². The van der Waals surface area contributed by atoms with E-state index < -0.39 is 0 Å². The van der Waals surface area contributed by atoms with Gasteiger partial charge in [0.25, 0.3) is 0 Å². The number of carbonyl (C=O) groups is 1. The molecule has 0 heterocycles. The molecule has 2 rings (SSSR count). The summed E-state index contributed by atoms with van der Waals surface area (Å²) >= 11 is 12.0. The molecule has 0 bridgehead atoms. The number of unbranched alkanes of at least 4 members (excludes halogenated alkanes) is 1. The largest absolute Gasteiger partial charge is 0.341 e. The molecule has 0 N–H and O–H groups in total. The number of halogens is 2. The zero-order valence-corrected chi connectivity index (χ0v) is 17.1. The van der Waals surface area contributed by atoms with Crippen molar-refractivity contribution in [1.29, 1.82) is 0 Å². The van der Waals surface area contributed by atoms with Crippen molar-refractivity contribution in [1.82, 2.24) is 9.80 Å². The summed E-state index contributed by atoms with van der Waals surface area (Å²) in [6.45, 7) is 3.32. The molecule has 0 aromatic heterocycles. The minimum absolute atomic E-state index is 0.152. The van der Waals surface area contributed by atoms with E-state index in [4.69, 9.17) is 23.2 Å². The van der Waals surface area contributed by atoms with Gasteiger partial charge in [0.15, 0.2) is 0 Å². The molecule has 1 amide bonds. The molecule has 140 valence electrons. The average Bonchev–Trinajstić information content (AvgIpc) is 2.62. The van der Waals surface area contributed by atoms with Gasteiger partial charge in [-0.15, -0.1) is 0 Å². The molecule has 1 saturated carbocycles. The summed E-state index contributed by atoms with van der Waals surface area (Å²) in [6, 6.07) is 6.19. The lowest BCUT2D eigenvalue weighted by Crippen LogP contribution is -2.53. The van der Waals surface area contributed by atoms with Crippen LogP contribution in [0.15, 0.2) is 18.2 Å². The van der Waals surface area contributed by atoms with Crippen LogP contribution in [0.1, 0.15) is 51.0 Å². The number of amides is 1. The maximum absolute atomic E-state index is 12.8. The lowest BCUT2D eigenvalue weighted by atomic mass is 9.88. The molecule has 1 aromatic rings. The van der Waals surface area contributed by atoms with Gasteiger partial charge in [-0.05, 0) is 50.6 Å². The Morgan fingerprint density at radius 2 is 1.80 bits per heavy atom. The number of likely N-dealkylation sites (N-methyl/N-ethyl adjacent to an activating group) is 2. The first-order chi connectivity index (χ1) is 11.9. The fourth-order valence-electron chi connectivity index (χ4n) is 3.76. The quantitative estimate of drug-likeness (QED) is 0.657. The average molecular weight is 385 g/mol. The molecule has 5 heteroatoms. The van der Waals surface area contributed by atoms with Crippen LogP contribution in [-0.2, 0) is 11.2 Å². The molecule has 25 heavy (non-hydrogen) atoms. The molecule has 0 aliphatic heterocycles. The molecule has 1 fully saturated rings. The lowest BCUT2D eigenvalue weighted by Gasteiger charge is -2.42. The van der Waals surface area contributed by atoms with Gasteiger partial charge in [-0.1, -0.05) is 55.5 Å². The Balaban J connectivity index is 2.03. The molecular weight excluding hydrogens is 355 g/mol. The van der Waals surface area contributed by atoms with Crippen LogP contribution in [0, 0.1) is 0 Å². The monoisotopic (exact) mass is 384 g/mol. The first-order valence-electron chi connectivity index (χ1n) is 9.33. The second kappa shape index (κ2) is 9.80. The standard InChI is InChI=1S/C20H30Cl2N2O/c1-4-5-12-23(2)18-8-6-7-9-19(18)24(3)20(25)14-15-10-11-16(21)17(22)13-15/h10-11,13,18-19H,4-9,12,14H2,1-3H3. The van der Waals surface area contributed by atoms with Gasteiger partial charge in [0.1, 0.15) is 0 Å². The summed E-state index contributed by atoms with van der Waals surface area (Å²) in [6.07, 6.45) is 7.50. The maximum Gasteiger partial charge on any atom is 0.227 e. The fourth-order valence-corrected chi connectivity index (χ4v) is 4.09. The first-order valence-corrected chi connectivity index (χ1v) is 10.1. The van der Waals surface area contributed by atoms with E-state index >= 15 is 0 Å². The highest BCUT2D eigenvalue weighted by Gasteiger charge is 2.32. The molecule has 0 saturated heterocycles. The normalized spacial score (nSPS) is 20.7. The zero-order chi connectivity index (χ0) is 18.4. The van der Waals surface area contributed by atoms with Gasteiger partial charge < -0.3 is 9.80 Å². The van der Waals surface area contributed by atoms with E-state index in [1.807, 2.05) is 18.0 Å². The van der Waals surface area contributed by atoms with Gasteiger partial charge in [-0.25, -0.2) is 0 Å². The highest BCUT2D eigenvalue weighted by Crippen LogP contribution is 2.27. The van der Waals surface area contributed by atoms with E-state index in [0.29, 0.717) is 28.5 Å². The Hall–Kier alpha value is -0.770. The fraction of sp³-hybridized carbons (Fsp3) is 0.650. The van der Waals surface area contributed by atoms with Crippen LogP contribution < -0.4 is 0 Å². The van der Waals surface area contributed by atoms with E-state index in [0.717, 1.165) is 18.5 Å². The van der Waals surface area contributed by atoms with E-state index in [1.54, 1.807) is 12.1 Å². The van der Waals surface area contributed by atoms with Crippen molar-refractivity contribution in [3.05, 3.63) is 33.8 Å². The molecule has 3 nitrogen and oxygen atoms in total. The van der Waals surface area contributed by atoms with Gasteiger partial charge in [0.2, 0.25) is 5.91 Å². The molecular formula is C20H30Cl2N2O. The van der Waals surface area contributed by atoms with Crippen LogP contribution in [0.5, 0.6) is 0 Å². The zero-order valence-electron chi connectivity index (χ0n) is 15.6. The summed E-state index contributed by atoms with van der Waals surface area (Å²) in [4.78, 5) is 17.2. The number of hydrogen-bond acceptors (Lipinski definition) is 2. The predicted molar refractivity (Wildman–Crippen MR) is 107 cm³/mol. The van der Waals surface area contributed by atoms with Gasteiger partial charge in [-0.2, -0.15) is 0 Å². The van der Waals surface area contributed by atoms with E-state index in [1.165, 1.54) is 32.1 Å². The third-order valence-electron chi connectivity index (χ3n) is 5.35. The van der Waals surface area contributed by atoms with Crippen LogP contribution in [0.4, 0.5) is 0 Å². The van der Waals surface area contributed by atoms with Crippen molar-refractivity contribution in [3.8, 4) is 0 Å². The molecule has 1 aromatic carbocycles. The van der Waals surface area contributed by atoms with E-state index in [9.17, 15) is 4.79 Å². The van der Waals surface area contributed by atoms with Crippen molar-refractivity contribution in [2.75, 3.05) is 20.6 Å². The molecule has 0 spiro atoms. The maximum atomic E-state index is 12.8. The Bertz CT molecular complexity index is 579. The van der Waals surface area contributed by atoms with Crippen molar-refractivity contribution in [2.24, 2.45) is 0 Å². The number of hydrogen-bond donors (Lipinski definition) is 0. The van der Waals surface area contributed by atoms with Crippen LogP contribution in [0.25, 0.3) is 0 Å². The van der Waals surface area contributed by atoms with Crippen LogP contribution >= 0.6 is 23.2 Å². The number of rotatable bonds is 7. The SMILES string of the molecule is CCCCN(C)C1CCCCC1N(C)C(=O)Cc1ccc(Cl)c(Cl)c1. The Morgan fingerprint density at radius 1 is 1.12 bits per heavy atom. The Kier molecular flexibility index (Phi) is 8.05. The van der Waals surface area contributed by atoms with Crippen LogP contribution in [0.3, 0.4) is 0 Å². The molecule has 2 atom stereocenters. The second-order valence-electron chi connectivity index (χ2n) is 7.18. The Labute approximate surface area is 162 Å². The van der Waals surface area contributed by atoms with Crippen molar-refractivity contribution in [3.63, 3.8) is 0 Å². The van der Waals surface area contributed by atoms with Crippen LogP contribution in [-0.4, -0.2) is 48.4 Å². The van der Waals surface area contributed by atoms with Gasteiger partial charge in [0, 0.05) is 19.1 Å². The minimum atomic E-state index is 0.152. The molecule has 0 radical (unpaired) electrons. The summed E-state index contributed by atoms with van der Waals surface area (Å²) < 4.78 is 0. The number of benzene rings is 1. The van der Waals surface area contributed by atoms with Gasteiger partial charge >= 0.3 is 0 Å². The highest BCUT2D eigenvalue weighted by atomic mass is 35.5. The van der Waals surface area contributed by atoms with Crippen molar-refractivity contribution >= 4 is 29.1 Å². The smallest absolute Gasteiger partial charge is 0.227 e. The number of nitrogens with zero attached hydrogens (tertiary/aromatic N) is 2. The Morgan fingerprint density at radius 3 is 2.44 bits per heavy atom. The van der Waals surface area contributed by atoms with Crippen molar-refractivity contribution < 1.29 is 4.79 Å². The van der Waals surface area contributed by atoms with Crippen molar-refractivity contribution in [2.45, 2.75) is 64.0 Å². The van der Waals surface area contributed by atoms with Crippen LogP contribution in [0.2, 0.25) is 10.0 Å². The lowest BCUT2D eigenvalue weighted by molar-refractivity contribution is -0.133.